The molecule has 1 aliphatic heterocycles. The van der Waals surface area contributed by atoms with Crippen molar-refractivity contribution in [3.8, 4) is 23.0 Å². The van der Waals surface area contributed by atoms with E-state index in [-0.39, 0.29) is 6.79 Å². The molecule has 0 saturated heterocycles. The molecule has 3 rings (SSSR count). The van der Waals surface area contributed by atoms with Crippen LogP contribution in [0, 0.1) is 0 Å². The molecule has 2 aromatic carbocycles. The number of hydrogen-bond donors (Lipinski definition) is 1. The maximum absolute atomic E-state index is 5.47. The Kier molecular flexibility index (Phi) is 3.25. The molecule has 0 radical (unpaired) electrons. The SMILES string of the molecule is COc1cc(Nc2cccc3c2OCO3)cc(OC)c1. The zero-order valence-corrected chi connectivity index (χ0v) is 11.3. The van der Waals surface area contributed by atoms with Crippen LogP contribution in [0.4, 0.5) is 11.4 Å². The molecule has 0 spiro atoms. The van der Waals surface area contributed by atoms with E-state index in [1.54, 1.807) is 14.2 Å². The first kappa shape index (κ1) is 12.5. The lowest BCUT2D eigenvalue weighted by Crippen LogP contribution is -1.96. The highest BCUT2D eigenvalue weighted by atomic mass is 16.7. The summed E-state index contributed by atoms with van der Waals surface area (Å²) in [6.07, 6.45) is 0. The van der Waals surface area contributed by atoms with Crippen molar-refractivity contribution in [1.29, 1.82) is 0 Å². The van der Waals surface area contributed by atoms with Crippen molar-refractivity contribution in [2.75, 3.05) is 26.3 Å². The number of rotatable bonds is 4. The lowest BCUT2D eigenvalue weighted by atomic mass is 10.2. The predicted molar refractivity (Wildman–Crippen MR) is 75.4 cm³/mol. The van der Waals surface area contributed by atoms with Crippen LogP contribution in [0.15, 0.2) is 36.4 Å². The Morgan fingerprint density at radius 2 is 1.75 bits per heavy atom. The molecule has 0 aromatic heterocycles. The van der Waals surface area contributed by atoms with Gasteiger partial charge in [-0.1, -0.05) is 6.07 Å². The summed E-state index contributed by atoms with van der Waals surface area (Å²) in [4.78, 5) is 0. The van der Waals surface area contributed by atoms with Crippen LogP contribution in [0.25, 0.3) is 0 Å². The molecular weight excluding hydrogens is 258 g/mol. The summed E-state index contributed by atoms with van der Waals surface area (Å²) in [7, 11) is 3.24. The summed E-state index contributed by atoms with van der Waals surface area (Å²) in [5, 5.41) is 3.29. The maximum atomic E-state index is 5.47. The van der Waals surface area contributed by atoms with E-state index in [0.29, 0.717) is 5.75 Å². The van der Waals surface area contributed by atoms with Gasteiger partial charge in [0.2, 0.25) is 6.79 Å². The lowest BCUT2D eigenvalue weighted by molar-refractivity contribution is 0.174. The molecule has 5 heteroatoms. The molecular formula is C15H15NO4. The van der Waals surface area contributed by atoms with Gasteiger partial charge in [0.15, 0.2) is 11.5 Å². The van der Waals surface area contributed by atoms with E-state index in [1.807, 2.05) is 36.4 Å². The third kappa shape index (κ3) is 2.30. The molecule has 0 saturated carbocycles. The van der Waals surface area contributed by atoms with Crippen LogP contribution in [0.2, 0.25) is 0 Å². The van der Waals surface area contributed by atoms with Crippen molar-refractivity contribution in [3.05, 3.63) is 36.4 Å². The van der Waals surface area contributed by atoms with Crippen LogP contribution >= 0.6 is 0 Å². The summed E-state index contributed by atoms with van der Waals surface area (Å²) in [6.45, 7) is 0.245. The van der Waals surface area contributed by atoms with E-state index in [1.165, 1.54) is 0 Å². The molecule has 20 heavy (non-hydrogen) atoms. The Bertz CT molecular complexity index is 605. The second-order valence-electron chi connectivity index (χ2n) is 4.27. The highest BCUT2D eigenvalue weighted by Gasteiger charge is 2.17. The van der Waals surface area contributed by atoms with Crippen molar-refractivity contribution in [2.45, 2.75) is 0 Å². The predicted octanol–water partition coefficient (Wildman–Crippen LogP) is 3.18. The van der Waals surface area contributed by atoms with E-state index < -0.39 is 0 Å². The van der Waals surface area contributed by atoms with Gasteiger partial charge in [0.1, 0.15) is 11.5 Å². The van der Waals surface area contributed by atoms with Crippen molar-refractivity contribution in [2.24, 2.45) is 0 Å². The topological polar surface area (TPSA) is 49.0 Å². The van der Waals surface area contributed by atoms with Crippen LogP contribution in [0.3, 0.4) is 0 Å². The molecule has 0 amide bonds. The molecule has 1 N–H and O–H groups in total. The van der Waals surface area contributed by atoms with Crippen LogP contribution in [0.5, 0.6) is 23.0 Å². The first-order chi connectivity index (χ1) is 9.80. The highest BCUT2D eigenvalue weighted by molar-refractivity contribution is 5.72. The monoisotopic (exact) mass is 273 g/mol. The summed E-state index contributed by atoms with van der Waals surface area (Å²) in [5.74, 6) is 2.90. The molecule has 1 heterocycles. The zero-order valence-electron chi connectivity index (χ0n) is 11.3. The number of para-hydroxylation sites is 1. The van der Waals surface area contributed by atoms with Gasteiger partial charge in [0.25, 0.3) is 0 Å². The smallest absolute Gasteiger partial charge is 0.231 e. The maximum Gasteiger partial charge on any atom is 0.231 e. The second kappa shape index (κ2) is 5.21. The van der Waals surface area contributed by atoms with Gasteiger partial charge < -0.3 is 24.3 Å². The van der Waals surface area contributed by atoms with Crippen molar-refractivity contribution >= 4 is 11.4 Å². The Morgan fingerprint density at radius 1 is 1.00 bits per heavy atom. The Balaban J connectivity index is 1.93. The van der Waals surface area contributed by atoms with E-state index in [2.05, 4.69) is 5.32 Å². The first-order valence-electron chi connectivity index (χ1n) is 6.19. The van der Waals surface area contributed by atoms with E-state index in [0.717, 1.165) is 28.6 Å². The number of benzene rings is 2. The summed E-state index contributed by atoms with van der Waals surface area (Å²) in [6, 6.07) is 11.3. The van der Waals surface area contributed by atoms with Gasteiger partial charge in [-0.2, -0.15) is 0 Å². The molecule has 0 atom stereocenters. The Labute approximate surface area is 117 Å². The number of nitrogens with one attached hydrogen (secondary N) is 1. The molecule has 104 valence electrons. The van der Waals surface area contributed by atoms with Crippen LogP contribution in [-0.2, 0) is 0 Å². The van der Waals surface area contributed by atoms with Gasteiger partial charge in [-0.25, -0.2) is 0 Å². The minimum absolute atomic E-state index is 0.245. The minimum Gasteiger partial charge on any atom is -0.497 e. The van der Waals surface area contributed by atoms with Crippen LogP contribution < -0.4 is 24.3 Å². The third-order valence-electron chi connectivity index (χ3n) is 3.03. The molecule has 2 aromatic rings. The van der Waals surface area contributed by atoms with Crippen molar-refractivity contribution in [3.63, 3.8) is 0 Å². The molecule has 0 aliphatic carbocycles. The van der Waals surface area contributed by atoms with Gasteiger partial charge in [-0.3, -0.25) is 0 Å². The van der Waals surface area contributed by atoms with E-state index in [4.69, 9.17) is 18.9 Å². The molecule has 0 bridgehead atoms. The number of hydrogen-bond acceptors (Lipinski definition) is 5. The number of methoxy groups -OCH3 is 2. The lowest BCUT2D eigenvalue weighted by Gasteiger charge is -2.12. The largest absolute Gasteiger partial charge is 0.497 e. The average Bonchev–Trinajstić information content (AvgIpc) is 2.96. The fourth-order valence-corrected chi connectivity index (χ4v) is 2.06. The third-order valence-corrected chi connectivity index (χ3v) is 3.03. The molecule has 0 unspecified atom stereocenters. The quantitative estimate of drug-likeness (QED) is 0.927. The van der Waals surface area contributed by atoms with Gasteiger partial charge in [-0.05, 0) is 12.1 Å². The highest BCUT2D eigenvalue weighted by Crippen LogP contribution is 2.40. The molecule has 1 aliphatic rings. The average molecular weight is 273 g/mol. The van der Waals surface area contributed by atoms with Gasteiger partial charge in [0, 0.05) is 23.9 Å². The fraction of sp³-hybridized carbons (Fsp3) is 0.200. The van der Waals surface area contributed by atoms with Gasteiger partial charge in [0.05, 0.1) is 19.9 Å². The van der Waals surface area contributed by atoms with Gasteiger partial charge in [-0.15, -0.1) is 0 Å². The minimum atomic E-state index is 0.245. The summed E-state index contributed by atoms with van der Waals surface area (Å²) >= 11 is 0. The first-order valence-corrected chi connectivity index (χ1v) is 6.19. The Hall–Kier alpha value is -2.56. The number of anilines is 2. The normalized spacial score (nSPS) is 12.1. The summed E-state index contributed by atoms with van der Waals surface area (Å²) in [5.41, 5.74) is 1.69. The van der Waals surface area contributed by atoms with Crippen LogP contribution in [-0.4, -0.2) is 21.0 Å². The molecule has 5 nitrogen and oxygen atoms in total. The Morgan fingerprint density at radius 3 is 2.45 bits per heavy atom. The number of fused-ring (bicyclic) bond motifs is 1. The fourth-order valence-electron chi connectivity index (χ4n) is 2.06. The second-order valence-corrected chi connectivity index (χ2v) is 4.27. The number of ether oxygens (including phenoxy) is 4. The van der Waals surface area contributed by atoms with Crippen LogP contribution in [0.1, 0.15) is 0 Å². The van der Waals surface area contributed by atoms with E-state index in [9.17, 15) is 0 Å². The molecule has 0 fully saturated rings. The van der Waals surface area contributed by atoms with E-state index >= 15 is 0 Å². The van der Waals surface area contributed by atoms with Crippen molar-refractivity contribution < 1.29 is 18.9 Å². The van der Waals surface area contributed by atoms with Gasteiger partial charge >= 0.3 is 0 Å². The zero-order chi connectivity index (χ0) is 13.9. The van der Waals surface area contributed by atoms with Crippen molar-refractivity contribution in [1.82, 2.24) is 0 Å². The summed E-state index contributed by atoms with van der Waals surface area (Å²) < 4.78 is 21.3. The standard InChI is InChI=1S/C15H15NO4/c1-17-11-6-10(7-12(8-11)18-2)16-13-4-3-5-14-15(13)20-9-19-14/h3-8,16H,9H2,1-2H3.